The number of hydrogen-bond donors (Lipinski definition) is 0. The van der Waals surface area contributed by atoms with Crippen LogP contribution in [0.15, 0.2) is 78.9 Å². The maximum atomic E-state index is 9.87. The molecule has 4 aromatic carbocycles. The van der Waals surface area contributed by atoms with Crippen LogP contribution in [0.1, 0.15) is 29.2 Å². The van der Waals surface area contributed by atoms with Crippen molar-refractivity contribution in [3.05, 3.63) is 105 Å². The molecule has 0 unspecified atom stereocenters. The van der Waals surface area contributed by atoms with Crippen LogP contribution in [-0.4, -0.2) is 6.61 Å². The number of rotatable bonds is 7. The molecule has 0 fully saturated rings. The third kappa shape index (κ3) is 5.22. The molecule has 0 radical (unpaired) electrons. The van der Waals surface area contributed by atoms with Crippen LogP contribution in [-0.2, 0) is 6.61 Å². The number of ether oxygens (including phenoxy) is 2. The Morgan fingerprint density at radius 2 is 1.68 bits per heavy atom. The van der Waals surface area contributed by atoms with Crippen LogP contribution in [0.2, 0.25) is 0 Å². The lowest BCUT2D eigenvalue weighted by Crippen LogP contribution is -2.03. The Balaban J connectivity index is 1.67. The van der Waals surface area contributed by atoms with Gasteiger partial charge in [-0.05, 0) is 81.8 Å². The van der Waals surface area contributed by atoms with Crippen LogP contribution in [0.4, 0.5) is 0 Å². The van der Waals surface area contributed by atoms with E-state index in [4.69, 9.17) is 9.47 Å². The first-order chi connectivity index (χ1) is 16.6. The maximum Gasteiger partial charge on any atom is 0.175 e. The Morgan fingerprint density at radius 1 is 0.912 bits per heavy atom. The van der Waals surface area contributed by atoms with E-state index < -0.39 is 0 Å². The van der Waals surface area contributed by atoms with Crippen molar-refractivity contribution in [1.29, 1.82) is 10.5 Å². The number of benzene rings is 4. The summed E-state index contributed by atoms with van der Waals surface area (Å²) in [5.74, 6) is 1.22. The molecular weight excluding hydrogens is 535 g/mol. The molecule has 5 heteroatoms. The zero-order valence-electron chi connectivity index (χ0n) is 18.6. The highest BCUT2D eigenvalue weighted by atomic mass is 127. The summed E-state index contributed by atoms with van der Waals surface area (Å²) in [4.78, 5) is 0. The molecule has 0 saturated carbocycles. The number of hydrogen-bond acceptors (Lipinski definition) is 4. The van der Waals surface area contributed by atoms with E-state index in [0.717, 1.165) is 31.0 Å². The van der Waals surface area contributed by atoms with Gasteiger partial charge in [0.25, 0.3) is 0 Å². The van der Waals surface area contributed by atoms with Gasteiger partial charge in [0.1, 0.15) is 6.61 Å². The van der Waals surface area contributed by atoms with Crippen molar-refractivity contribution in [1.82, 2.24) is 0 Å². The molecule has 166 valence electrons. The fourth-order valence-corrected chi connectivity index (χ4v) is 4.46. The van der Waals surface area contributed by atoms with Crippen LogP contribution < -0.4 is 9.47 Å². The van der Waals surface area contributed by atoms with Gasteiger partial charge in [0, 0.05) is 5.56 Å². The molecular formula is C29H21IN2O2. The van der Waals surface area contributed by atoms with Gasteiger partial charge in [-0.15, -0.1) is 0 Å². The van der Waals surface area contributed by atoms with Crippen molar-refractivity contribution in [2.75, 3.05) is 6.61 Å². The molecule has 0 aromatic heterocycles. The molecule has 0 heterocycles. The molecule has 0 spiro atoms. The lowest BCUT2D eigenvalue weighted by Gasteiger charge is -2.15. The SMILES string of the molecule is CCOc1cc(/C=C(/C#N)c2ccc3ccccc3c2)cc(I)c1OCc1ccccc1C#N. The lowest BCUT2D eigenvalue weighted by atomic mass is 10.00. The first kappa shape index (κ1) is 23.4. The van der Waals surface area contributed by atoms with Crippen LogP contribution in [0.5, 0.6) is 11.5 Å². The van der Waals surface area contributed by atoms with Gasteiger partial charge in [-0.2, -0.15) is 10.5 Å². The van der Waals surface area contributed by atoms with E-state index in [1.54, 1.807) is 6.07 Å². The van der Waals surface area contributed by atoms with Crippen molar-refractivity contribution >= 4 is 45.0 Å². The predicted molar refractivity (Wildman–Crippen MR) is 143 cm³/mol. The van der Waals surface area contributed by atoms with Crippen molar-refractivity contribution < 1.29 is 9.47 Å². The lowest BCUT2D eigenvalue weighted by molar-refractivity contribution is 0.267. The Kier molecular flexibility index (Phi) is 7.47. The molecule has 4 aromatic rings. The quantitative estimate of drug-likeness (QED) is 0.136. The monoisotopic (exact) mass is 556 g/mol. The standard InChI is InChI=1S/C29H21IN2O2/c1-2-33-28-15-20(13-26(18-32)23-12-11-21-7-3-4-8-22(21)16-23)14-27(30)29(28)34-19-25-10-6-5-9-24(25)17-31/h3-16H,2,19H2,1H3/b26-13-. The summed E-state index contributed by atoms with van der Waals surface area (Å²) in [6.45, 7) is 2.65. The largest absolute Gasteiger partial charge is 0.490 e. The van der Waals surface area contributed by atoms with E-state index in [0.29, 0.717) is 29.2 Å². The highest BCUT2D eigenvalue weighted by Crippen LogP contribution is 2.36. The van der Waals surface area contributed by atoms with Gasteiger partial charge >= 0.3 is 0 Å². The van der Waals surface area contributed by atoms with Crippen LogP contribution >= 0.6 is 22.6 Å². The number of nitriles is 2. The van der Waals surface area contributed by atoms with Crippen LogP contribution in [0.25, 0.3) is 22.4 Å². The van der Waals surface area contributed by atoms with Gasteiger partial charge in [-0.1, -0.05) is 54.6 Å². The summed E-state index contributed by atoms with van der Waals surface area (Å²) in [7, 11) is 0. The molecule has 4 nitrogen and oxygen atoms in total. The first-order valence-corrected chi connectivity index (χ1v) is 11.9. The minimum Gasteiger partial charge on any atom is -0.490 e. The molecule has 0 amide bonds. The summed E-state index contributed by atoms with van der Waals surface area (Å²) in [6, 6.07) is 29.9. The Hall–Kier alpha value is -3.81. The summed E-state index contributed by atoms with van der Waals surface area (Å²) >= 11 is 2.21. The summed E-state index contributed by atoms with van der Waals surface area (Å²) in [5.41, 5.74) is 3.69. The topological polar surface area (TPSA) is 66.0 Å². The van der Waals surface area contributed by atoms with Crippen LogP contribution in [0.3, 0.4) is 0 Å². The maximum absolute atomic E-state index is 9.87. The first-order valence-electron chi connectivity index (χ1n) is 10.8. The highest BCUT2D eigenvalue weighted by molar-refractivity contribution is 14.1. The summed E-state index contributed by atoms with van der Waals surface area (Å²) in [6.07, 6.45) is 1.86. The molecule has 0 aliphatic carbocycles. The zero-order valence-corrected chi connectivity index (χ0v) is 20.7. The second-order valence-corrected chi connectivity index (χ2v) is 8.71. The van der Waals surface area contributed by atoms with Gasteiger partial charge in [-0.3, -0.25) is 0 Å². The summed E-state index contributed by atoms with van der Waals surface area (Å²) in [5, 5.41) is 21.4. The summed E-state index contributed by atoms with van der Waals surface area (Å²) < 4.78 is 12.8. The van der Waals surface area contributed by atoms with Crippen molar-refractivity contribution in [2.24, 2.45) is 0 Å². The van der Waals surface area contributed by atoms with Crippen molar-refractivity contribution in [2.45, 2.75) is 13.5 Å². The molecule has 4 rings (SSSR count). The third-order valence-corrected chi connectivity index (χ3v) is 6.13. The van der Waals surface area contributed by atoms with Crippen LogP contribution in [0, 0.1) is 26.2 Å². The molecule has 0 bridgehead atoms. The number of allylic oxidation sites excluding steroid dienone is 1. The molecule has 0 N–H and O–H groups in total. The molecule has 34 heavy (non-hydrogen) atoms. The van der Waals surface area contributed by atoms with Gasteiger partial charge in [-0.25, -0.2) is 0 Å². The van der Waals surface area contributed by atoms with Crippen molar-refractivity contribution in [3.8, 4) is 23.6 Å². The smallest absolute Gasteiger partial charge is 0.175 e. The Morgan fingerprint density at radius 3 is 2.44 bits per heavy atom. The second kappa shape index (κ2) is 10.9. The average molecular weight is 556 g/mol. The predicted octanol–water partition coefficient (Wildman–Crippen LogP) is 7.36. The number of halogens is 1. The fraction of sp³-hybridized carbons (Fsp3) is 0.103. The average Bonchev–Trinajstić information content (AvgIpc) is 2.87. The normalized spacial score (nSPS) is 11.0. The van der Waals surface area contributed by atoms with Gasteiger partial charge in [0.2, 0.25) is 0 Å². The van der Waals surface area contributed by atoms with E-state index in [9.17, 15) is 10.5 Å². The Labute approximate surface area is 212 Å². The molecule has 0 atom stereocenters. The molecule has 0 aliphatic rings. The van der Waals surface area contributed by atoms with Gasteiger partial charge < -0.3 is 9.47 Å². The van der Waals surface area contributed by atoms with E-state index in [-0.39, 0.29) is 6.61 Å². The number of fused-ring (bicyclic) bond motifs is 1. The third-order valence-electron chi connectivity index (χ3n) is 5.33. The minimum atomic E-state index is 0.259. The van der Waals surface area contributed by atoms with E-state index in [1.165, 1.54) is 0 Å². The fourth-order valence-electron chi connectivity index (χ4n) is 3.68. The van der Waals surface area contributed by atoms with Gasteiger partial charge in [0.15, 0.2) is 11.5 Å². The second-order valence-electron chi connectivity index (χ2n) is 7.55. The number of nitrogens with zero attached hydrogens (tertiary/aromatic N) is 2. The van der Waals surface area contributed by atoms with E-state index in [2.05, 4.69) is 40.8 Å². The molecule has 0 saturated heterocycles. The minimum absolute atomic E-state index is 0.259. The highest BCUT2D eigenvalue weighted by Gasteiger charge is 2.14. The Bertz CT molecular complexity index is 1460. The molecule has 0 aliphatic heterocycles. The van der Waals surface area contributed by atoms with E-state index in [1.807, 2.05) is 79.7 Å². The van der Waals surface area contributed by atoms with Gasteiger partial charge in [0.05, 0.1) is 33.5 Å². The zero-order chi connectivity index (χ0) is 23.9. The van der Waals surface area contributed by atoms with Crippen molar-refractivity contribution in [3.63, 3.8) is 0 Å². The van der Waals surface area contributed by atoms with E-state index >= 15 is 0 Å².